The van der Waals surface area contributed by atoms with Gasteiger partial charge in [0.2, 0.25) is 4.77 Å². The van der Waals surface area contributed by atoms with E-state index in [0.29, 0.717) is 34.1 Å². The molecule has 0 saturated carbocycles. The average molecular weight is 425 g/mol. The number of benzene rings is 1. The number of nitrogens with one attached hydrogen (secondary N) is 2. The fourth-order valence-electron chi connectivity index (χ4n) is 3.76. The lowest BCUT2D eigenvalue weighted by atomic mass is 9.87. The SMILES string of the molecule is C=C(Cc1c(=O)[nH]n2c(=S)nc(-c3ccc(C(C)(C)C)cc3)[nH]c12)CC(CC)CC. The molecule has 5 nitrogen and oxygen atoms in total. The van der Waals surface area contributed by atoms with Crippen molar-refractivity contribution >= 4 is 17.9 Å². The molecule has 3 aromatic rings. The van der Waals surface area contributed by atoms with Crippen LogP contribution in [-0.4, -0.2) is 19.6 Å². The smallest absolute Gasteiger partial charge is 0.270 e. The third-order valence-electron chi connectivity index (χ3n) is 5.82. The summed E-state index contributed by atoms with van der Waals surface area (Å²) in [6, 6.07) is 8.31. The van der Waals surface area contributed by atoms with Gasteiger partial charge in [0.15, 0.2) is 0 Å². The number of aromatic nitrogens is 4. The highest BCUT2D eigenvalue weighted by Crippen LogP contribution is 2.25. The van der Waals surface area contributed by atoms with Crippen LogP contribution in [0.25, 0.3) is 17.0 Å². The summed E-state index contributed by atoms with van der Waals surface area (Å²) >= 11 is 5.46. The van der Waals surface area contributed by atoms with Crippen molar-refractivity contribution in [2.75, 3.05) is 0 Å². The van der Waals surface area contributed by atoms with Gasteiger partial charge in [-0.05, 0) is 35.5 Å². The first-order valence-corrected chi connectivity index (χ1v) is 11.1. The van der Waals surface area contributed by atoms with Crippen LogP contribution >= 0.6 is 12.2 Å². The third kappa shape index (κ3) is 4.64. The summed E-state index contributed by atoms with van der Waals surface area (Å²) in [6.07, 6.45) is 3.68. The van der Waals surface area contributed by atoms with Crippen molar-refractivity contribution in [2.24, 2.45) is 5.92 Å². The fraction of sp³-hybridized carbons (Fsp3) is 0.458. The van der Waals surface area contributed by atoms with Gasteiger partial charge in [0.1, 0.15) is 11.5 Å². The normalized spacial score (nSPS) is 12.1. The zero-order valence-electron chi connectivity index (χ0n) is 18.6. The first kappa shape index (κ1) is 22.2. The predicted octanol–water partition coefficient (Wildman–Crippen LogP) is 5.97. The van der Waals surface area contributed by atoms with Crippen molar-refractivity contribution in [2.45, 2.75) is 65.7 Å². The van der Waals surface area contributed by atoms with Crippen LogP contribution in [-0.2, 0) is 11.8 Å². The van der Waals surface area contributed by atoms with Crippen molar-refractivity contribution < 1.29 is 0 Å². The molecule has 0 aliphatic rings. The quantitative estimate of drug-likeness (QED) is 0.363. The maximum Gasteiger partial charge on any atom is 0.270 e. The Morgan fingerprint density at radius 1 is 1.20 bits per heavy atom. The number of fused-ring (bicyclic) bond motifs is 1. The Balaban J connectivity index is 2.00. The lowest BCUT2D eigenvalue weighted by molar-refractivity contribution is 0.485. The molecule has 6 heteroatoms. The number of aromatic amines is 2. The number of allylic oxidation sites excluding steroid dienone is 1. The summed E-state index contributed by atoms with van der Waals surface area (Å²) in [7, 11) is 0. The Kier molecular flexibility index (Phi) is 6.46. The van der Waals surface area contributed by atoms with Crippen LogP contribution in [0.3, 0.4) is 0 Å². The zero-order chi connectivity index (χ0) is 22.1. The maximum absolute atomic E-state index is 12.6. The first-order valence-electron chi connectivity index (χ1n) is 10.7. The van der Waals surface area contributed by atoms with Crippen LogP contribution in [0.15, 0.2) is 41.2 Å². The molecule has 2 N–H and O–H groups in total. The molecule has 0 radical (unpaired) electrons. The minimum Gasteiger partial charge on any atom is -0.324 e. The zero-order valence-corrected chi connectivity index (χ0v) is 19.4. The van der Waals surface area contributed by atoms with Gasteiger partial charge >= 0.3 is 0 Å². The highest BCUT2D eigenvalue weighted by Gasteiger charge is 2.17. The van der Waals surface area contributed by atoms with Crippen molar-refractivity contribution in [3.63, 3.8) is 0 Å². The Morgan fingerprint density at radius 3 is 2.40 bits per heavy atom. The molecular weight excluding hydrogens is 392 g/mol. The molecule has 0 spiro atoms. The summed E-state index contributed by atoms with van der Waals surface area (Å²) in [5.74, 6) is 1.26. The Hall–Kier alpha value is -2.47. The summed E-state index contributed by atoms with van der Waals surface area (Å²) in [6.45, 7) is 15.2. The van der Waals surface area contributed by atoms with Crippen LogP contribution in [0.2, 0.25) is 0 Å². The van der Waals surface area contributed by atoms with E-state index in [1.165, 1.54) is 5.56 Å². The summed E-state index contributed by atoms with van der Waals surface area (Å²) in [5, 5.41) is 2.81. The van der Waals surface area contributed by atoms with E-state index in [2.05, 4.69) is 68.4 Å². The molecule has 0 atom stereocenters. The monoisotopic (exact) mass is 424 g/mol. The van der Waals surface area contributed by atoms with Gasteiger partial charge < -0.3 is 4.98 Å². The van der Waals surface area contributed by atoms with Crippen molar-refractivity contribution in [1.82, 2.24) is 19.6 Å². The molecule has 0 unspecified atom stereocenters. The minimum atomic E-state index is -0.148. The van der Waals surface area contributed by atoms with Gasteiger partial charge in [-0.1, -0.05) is 83.9 Å². The Labute approximate surface area is 183 Å². The van der Waals surface area contributed by atoms with Gasteiger partial charge in [-0.2, -0.15) is 0 Å². The number of H-pyrrole nitrogens is 2. The lowest BCUT2D eigenvalue weighted by Gasteiger charge is -2.19. The summed E-state index contributed by atoms with van der Waals surface area (Å²) in [5.41, 5.74) is 4.51. The molecule has 3 rings (SSSR count). The van der Waals surface area contributed by atoms with Gasteiger partial charge in [0.25, 0.3) is 5.56 Å². The second kappa shape index (κ2) is 8.72. The molecule has 0 fully saturated rings. The topological polar surface area (TPSA) is 65.9 Å². The molecule has 2 aromatic heterocycles. The van der Waals surface area contributed by atoms with E-state index in [9.17, 15) is 4.79 Å². The highest BCUT2D eigenvalue weighted by molar-refractivity contribution is 7.71. The van der Waals surface area contributed by atoms with E-state index < -0.39 is 0 Å². The molecular formula is C24H32N4OS. The van der Waals surface area contributed by atoms with Crippen LogP contribution in [0.4, 0.5) is 0 Å². The van der Waals surface area contributed by atoms with Gasteiger partial charge in [-0.15, -0.1) is 0 Å². The van der Waals surface area contributed by atoms with Crippen LogP contribution < -0.4 is 5.56 Å². The largest absolute Gasteiger partial charge is 0.324 e. The molecule has 160 valence electrons. The Morgan fingerprint density at radius 2 is 1.83 bits per heavy atom. The predicted molar refractivity (Wildman–Crippen MR) is 127 cm³/mol. The fourth-order valence-corrected chi connectivity index (χ4v) is 3.99. The van der Waals surface area contributed by atoms with Crippen molar-refractivity contribution in [3.05, 3.63) is 62.7 Å². The van der Waals surface area contributed by atoms with Crippen molar-refractivity contribution in [1.29, 1.82) is 0 Å². The van der Waals surface area contributed by atoms with E-state index in [0.717, 1.165) is 30.4 Å². The summed E-state index contributed by atoms with van der Waals surface area (Å²) < 4.78 is 1.89. The van der Waals surface area contributed by atoms with Crippen LogP contribution in [0.5, 0.6) is 0 Å². The minimum absolute atomic E-state index is 0.0825. The molecule has 0 aliphatic heterocycles. The molecule has 0 aliphatic carbocycles. The van der Waals surface area contributed by atoms with Gasteiger partial charge in [0, 0.05) is 12.0 Å². The molecule has 30 heavy (non-hydrogen) atoms. The highest BCUT2D eigenvalue weighted by atomic mass is 32.1. The molecule has 0 saturated heterocycles. The van der Waals surface area contributed by atoms with Crippen LogP contribution in [0.1, 0.15) is 65.0 Å². The van der Waals surface area contributed by atoms with Crippen LogP contribution in [0, 0.1) is 10.7 Å². The molecule has 0 amide bonds. The third-order valence-corrected chi connectivity index (χ3v) is 6.09. The molecule has 1 aromatic carbocycles. The van der Waals surface area contributed by atoms with Crippen molar-refractivity contribution in [3.8, 4) is 11.4 Å². The lowest BCUT2D eigenvalue weighted by Crippen LogP contribution is -2.10. The maximum atomic E-state index is 12.6. The second-order valence-electron chi connectivity index (χ2n) is 9.11. The number of hydrogen-bond donors (Lipinski definition) is 2. The van der Waals surface area contributed by atoms with E-state index in [1.54, 1.807) is 4.52 Å². The standard InChI is InChI=1S/C24H32N4OS/c1-7-16(8-2)13-15(3)14-19-21-25-20(26-23(30)28(21)27-22(19)29)17-9-11-18(12-10-17)24(4,5)6/h9-12,16H,3,7-8,13-14H2,1-2,4-6H3,(H,27,29)(H,25,26,30). The molecule has 2 heterocycles. The summed E-state index contributed by atoms with van der Waals surface area (Å²) in [4.78, 5) is 20.5. The molecule has 0 bridgehead atoms. The Bertz CT molecular complexity index is 1160. The number of hydrogen-bond acceptors (Lipinski definition) is 3. The van der Waals surface area contributed by atoms with E-state index in [4.69, 9.17) is 12.2 Å². The number of rotatable bonds is 7. The van der Waals surface area contributed by atoms with E-state index >= 15 is 0 Å². The van der Waals surface area contributed by atoms with Gasteiger partial charge in [0.05, 0.1) is 5.56 Å². The second-order valence-corrected chi connectivity index (χ2v) is 9.48. The van der Waals surface area contributed by atoms with Gasteiger partial charge in [-0.3, -0.25) is 9.89 Å². The van der Waals surface area contributed by atoms with Gasteiger partial charge in [-0.25, -0.2) is 9.50 Å². The number of nitrogens with zero attached hydrogens (tertiary/aromatic N) is 2. The van der Waals surface area contributed by atoms with E-state index in [-0.39, 0.29) is 11.0 Å². The van der Waals surface area contributed by atoms with E-state index in [1.807, 2.05) is 12.1 Å². The average Bonchev–Trinajstić information content (AvgIpc) is 3.01. The first-order chi connectivity index (χ1) is 14.1.